The third-order valence-corrected chi connectivity index (χ3v) is 15.0. The van der Waals surface area contributed by atoms with E-state index >= 15 is 0 Å². The zero-order valence-corrected chi connectivity index (χ0v) is 58.7. The number of nitrogens with zero attached hydrogens (tertiary/aromatic N) is 1. The van der Waals surface area contributed by atoms with E-state index in [1.807, 2.05) is 21.1 Å². The molecule has 0 aromatic carbocycles. The summed E-state index contributed by atoms with van der Waals surface area (Å²) in [5, 5.41) is 9.76. The van der Waals surface area contributed by atoms with Crippen LogP contribution >= 0.6 is 0 Å². The van der Waals surface area contributed by atoms with Crippen molar-refractivity contribution in [3.05, 3.63) is 170 Å². The van der Waals surface area contributed by atoms with Gasteiger partial charge in [-0.25, -0.2) is 4.79 Å². The maximum absolute atomic E-state index is 13.0. The number of likely N-dealkylation sites (N-methyl/N-ethyl adjacent to an activating group) is 1. The van der Waals surface area contributed by atoms with Crippen LogP contribution in [-0.2, 0) is 33.3 Å². The van der Waals surface area contributed by atoms with Crippen LogP contribution in [0.2, 0.25) is 0 Å². The summed E-state index contributed by atoms with van der Waals surface area (Å²) in [7, 11) is 5.97. The Hall–Kier alpha value is -5.35. The van der Waals surface area contributed by atoms with Gasteiger partial charge in [0.25, 0.3) is 6.29 Å². The fraction of sp³-hybridized carbons (Fsp3) is 0.622. The Morgan fingerprint density at radius 1 is 0.330 bits per heavy atom. The predicted molar refractivity (Wildman–Crippen MR) is 391 cm³/mol. The van der Waals surface area contributed by atoms with Crippen LogP contribution in [0.5, 0.6) is 0 Å². The highest BCUT2D eigenvalue weighted by atomic mass is 16.7. The number of unbranched alkanes of at least 4 members (excludes halogenated alkanes) is 22. The summed E-state index contributed by atoms with van der Waals surface area (Å²) in [6.07, 6.45) is 103. The van der Waals surface area contributed by atoms with E-state index < -0.39 is 24.3 Å². The maximum Gasteiger partial charge on any atom is 0.361 e. The molecule has 91 heavy (non-hydrogen) atoms. The van der Waals surface area contributed by atoms with Crippen molar-refractivity contribution in [3.63, 3.8) is 0 Å². The molecule has 514 valence electrons. The minimum absolute atomic E-state index is 0.179. The zero-order chi connectivity index (χ0) is 66.1. The predicted octanol–water partition coefficient (Wildman–Crippen LogP) is 23.0. The maximum atomic E-state index is 13.0. The molecule has 0 saturated carbocycles. The quantitative estimate of drug-likeness (QED) is 0.0211. The van der Waals surface area contributed by atoms with Crippen molar-refractivity contribution < 1.29 is 42.9 Å². The lowest BCUT2D eigenvalue weighted by Gasteiger charge is -2.25. The highest BCUT2D eigenvalue weighted by Crippen LogP contribution is 2.16. The highest BCUT2D eigenvalue weighted by Gasteiger charge is 2.25. The SMILES string of the molecule is CC/C=C\C/C=C\C/C=C\C/C=C\C/C=C\C/C=C\C/C=C\CCCCCCCCCCCCCC(=O)OCC(COC(OCC[N+](C)(C)C)C(=O)O)OC(=O)CCCCCCCCCCCCC/C=C\C/C=C\C/C=C\C/C=C\C/C=C\C/C=C\C/C=C\CC. The molecule has 2 atom stereocenters. The Morgan fingerprint density at radius 2 is 0.593 bits per heavy atom. The fourth-order valence-electron chi connectivity index (χ4n) is 9.50. The Morgan fingerprint density at radius 3 is 0.879 bits per heavy atom. The van der Waals surface area contributed by atoms with Gasteiger partial charge in [0.05, 0.1) is 34.4 Å². The van der Waals surface area contributed by atoms with E-state index in [1.54, 1.807) is 0 Å². The number of rotatable bonds is 65. The topological polar surface area (TPSA) is 108 Å². The Bertz CT molecular complexity index is 2100. The normalized spacial score (nSPS) is 13.7. The molecule has 0 saturated heterocycles. The molecule has 2 unspecified atom stereocenters. The Kier molecular flexibility index (Phi) is 66.4. The smallest absolute Gasteiger partial charge is 0.361 e. The summed E-state index contributed by atoms with van der Waals surface area (Å²) in [6.45, 7) is 4.64. The van der Waals surface area contributed by atoms with E-state index in [1.165, 1.54) is 96.3 Å². The molecule has 0 rings (SSSR count). The van der Waals surface area contributed by atoms with Gasteiger partial charge in [-0.15, -0.1) is 0 Å². The Labute approximate surface area is 558 Å². The minimum Gasteiger partial charge on any atom is -0.477 e. The molecular formula is C82H134NO8+. The van der Waals surface area contributed by atoms with E-state index in [0.29, 0.717) is 17.4 Å². The molecule has 0 radical (unpaired) electrons. The van der Waals surface area contributed by atoms with Crippen LogP contribution in [0, 0.1) is 0 Å². The monoisotopic (exact) mass is 1260 g/mol. The van der Waals surface area contributed by atoms with E-state index in [2.05, 4.69) is 184 Å². The molecule has 0 spiro atoms. The molecule has 1 N–H and O–H groups in total. The molecule has 0 aliphatic heterocycles. The van der Waals surface area contributed by atoms with Gasteiger partial charge in [-0.2, -0.15) is 0 Å². The van der Waals surface area contributed by atoms with Crippen LogP contribution in [0.1, 0.15) is 271 Å². The number of carboxylic acids is 1. The van der Waals surface area contributed by atoms with Gasteiger partial charge in [0.2, 0.25) is 0 Å². The molecule has 0 bridgehead atoms. The van der Waals surface area contributed by atoms with E-state index in [-0.39, 0.29) is 38.6 Å². The van der Waals surface area contributed by atoms with Gasteiger partial charge < -0.3 is 28.5 Å². The van der Waals surface area contributed by atoms with Crippen molar-refractivity contribution in [2.24, 2.45) is 0 Å². The van der Waals surface area contributed by atoms with Crippen LogP contribution in [0.25, 0.3) is 0 Å². The first kappa shape index (κ1) is 85.7. The average molecular weight is 1260 g/mol. The third kappa shape index (κ3) is 71.9. The molecular weight excluding hydrogens is 1130 g/mol. The number of quaternary nitrogens is 1. The Balaban J connectivity index is 4.17. The number of aliphatic carboxylic acids is 1. The lowest BCUT2D eigenvalue weighted by Crippen LogP contribution is -2.40. The number of carbonyl (C=O) groups is 3. The summed E-state index contributed by atoms with van der Waals surface area (Å²) in [6, 6.07) is 0. The molecule has 0 amide bonds. The zero-order valence-electron chi connectivity index (χ0n) is 58.7. The first-order valence-corrected chi connectivity index (χ1v) is 36.3. The third-order valence-electron chi connectivity index (χ3n) is 15.0. The van der Waals surface area contributed by atoms with E-state index in [9.17, 15) is 19.5 Å². The highest BCUT2D eigenvalue weighted by molar-refractivity contribution is 5.71. The second-order valence-electron chi connectivity index (χ2n) is 24.8. The standard InChI is InChI=1S/C82H133NO8/c1-6-8-10-12-14-16-18-20-22-24-26-28-30-32-34-36-38-40-42-44-46-48-50-52-54-56-58-60-62-64-66-68-70-72-79(84)89-76-78(77-90-82(81(86)87)88-75-74-83(3,4)5)91-80(85)73-71-69-67-65-63-61-59-57-55-53-51-49-47-45-43-41-39-37-35-33-31-29-27-25-23-21-19-17-15-13-11-9-7-2/h8-11,14-17,20-23,26-29,32-35,38-41,44-47,78,82H,6-7,12-13,18-19,24-25,30-31,36-37,42-43,48-77H2,1-5H3/p+1/b10-8-,11-9-,16-14-,17-15-,22-20-,23-21-,28-26-,29-27-,34-32-,35-33-,40-38-,41-39-,46-44-,47-45-. The van der Waals surface area contributed by atoms with Crippen molar-refractivity contribution in [1.82, 2.24) is 0 Å². The molecule has 9 nitrogen and oxygen atoms in total. The van der Waals surface area contributed by atoms with E-state index in [4.69, 9.17) is 18.9 Å². The van der Waals surface area contributed by atoms with Crippen molar-refractivity contribution in [1.29, 1.82) is 0 Å². The number of ether oxygens (including phenoxy) is 4. The van der Waals surface area contributed by atoms with Gasteiger partial charge in [0.1, 0.15) is 13.2 Å². The number of hydrogen-bond donors (Lipinski definition) is 1. The molecule has 0 aliphatic rings. The number of allylic oxidation sites excluding steroid dienone is 28. The number of esters is 2. The summed E-state index contributed by atoms with van der Waals surface area (Å²) < 4.78 is 23.0. The number of carbonyl (C=O) groups excluding carboxylic acids is 2. The number of carboxylic acid groups (broad SMARTS) is 1. The molecule has 0 aliphatic carbocycles. The van der Waals surface area contributed by atoms with Crippen LogP contribution in [0.4, 0.5) is 0 Å². The summed E-state index contributed by atoms with van der Waals surface area (Å²) in [4.78, 5) is 37.7. The summed E-state index contributed by atoms with van der Waals surface area (Å²) in [5.74, 6) is -2.02. The molecule has 0 aromatic rings. The lowest BCUT2D eigenvalue weighted by atomic mass is 10.0. The van der Waals surface area contributed by atoms with Gasteiger partial charge in [-0.3, -0.25) is 9.59 Å². The molecule has 0 fully saturated rings. The van der Waals surface area contributed by atoms with Crippen LogP contribution < -0.4 is 0 Å². The van der Waals surface area contributed by atoms with Crippen LogP contribution in [-0.4, -0.2) is 87.4 Å². The van der Waals surface area contributed by atoms with Crippen LogP contribution in [0.15, 0.2) is 170 Å². The van der Waals surface area contributed by atoms with Crippen molar-refractivity contribution in [3.8, 4) is 0 Å². The largest absolute Gasteiger partial charge is 0.477 e. The first-order chi connectivity index (χ1) is 44.6. The molecule has 0 heterocycles. The van der Waals surface area contributed by atoms with Gasteiger partial charge >= 0.3 is 17.9 Å². The van der Waals surface area contributed by atoms with Gasteiger partial charge in [-0.1, -0.05) is 300 Å². The lowest BCUT2D eigenvalue weighted by molar-refractivity contribution is -0.870. The van der Waals surface area contributed by atoms with Crippen molar-refractivity contribution in [2.75, 3.05) is 47.5 Å². The summed E-state index contributed by atoms with van der Waals surface area (Å²) >= 11 is 0. The number of hydrogen-bond acceptors (Lipinski definition) is 7. The minimum atomic E-state index is -1.52. The van der Waals surface area contributed by atoms with Crippen molar-refractivity contribution >= 4 is 17.9 Å². The second-order valence-corrected chi connectivity index (χ2v) is 24.8. The van der Waals surface area contributed by atoms with Crippen molar-refractivity contribution in [2.45, 2.75) is 283 Å². The van der Waals surface area contributed by atoms with Gasteiger partial charge in [0, 0.05) is 12.8 Å². The van der Waals surface area contributed by atoms with Gasteiger partial charge in [-0.05, 0) is 128 Å². The first-order valence-electron chi connectivity index (χ1n) is 36.3. The van der Waals surface area contributed by atoms with E-state index in [0.717, 1.165) is 141 Å². The summed E-state index contributed by atoms with van der Waals surface area (Å²) in [5.41, 5.74) is 0. The van der Waals surface area contributed by atoms with Crippen LogP contribution in [0.3, 0.4) is 0 Å². The average Bonchev–Trinajstić information content (AvgIpc) is 3.63. The fourth-order valence-corrected chi connectivity index (χ4v) is 9.50. The second kappa shape index (κ2) is 70.5. The molecule has 9 heteroatoms. The van der Waals surface area contributed by atoms with Gasteiger partial charge in [0.15, 0.2) is 6.10 Å². The molecule has 0 aromatic heterocycles.